The Balaban J connectivity index is 0.00000155. The number of benzene rings is 2. The van der Waals surface area contributed by atoms with Crippen molar-refractivity contribution >= 4 is 61.2 Å². The van der Waals surface area contributed by atoms with Gasteiger partial charge in [-0.2, -0.15) is 0 Å². The molecule has 3 aromatic rings. The third-order valence-corrected chi connectivity index (χ3v) is 5.46. The van der Waals surface area contributed by atoms with Crippen molar-refractivity contribution in [3.63, 3.8) is 0 Å². The summed E-state index contributed by atoms with van der Waals surface area (Å²) in [6.07, 6.45) is 0.201. The number of hydrogen-bond acceptors (Lipinski definition) is 8. The first-order valence-electron chi connectivity index (χ1n) is 8.91. The smallest absolute Gasteiger partial charge is 0.496 e. The molecule has 160 valence electrons. The molecule has 0 unspecified atom stereocenters. The summed E-state index contributed by atoms with van der Waals surface area (Å²) in [6.45, 7) is 5.67. The number of ketones is 1. The van der Waals surface area contributed by atoms with Gasteiger partial charge < -0.3 is 34.9 Å². The summed E-state index contributed by atoms with van der Waals surface area (Å²) in [6, 6.07) is 2.73. The minimum atomic E-state index is -2.28. The van der Waals surface area contributed by atoms with Gasteiger partial charge in [-0.3, -0.25) is 4.79 Å². The van der Waals surface area contributed by atoms with Crippen LogP contribution >= 0.6 is 31.9 Å². The summed E-state index contributed by atoms with van der Waals surface area (Å²) in [7, 11) is -2.28. The molecule has 8 nitrogen and oxygen atoms in total. The number of hydrogen-bond donors (Lipinski definition) is 6. The van der Waals surface area contributed by atoms with Crippen LogP contribution < -0.4 is 5.46 Å². The minimum Gasteiger partial charge on any atom is -0.506 e. The van der Waals surface area contributed by atoms with Crippen LogP contribution in [0.25, 0.3) is 11.0 Å². The number of aromatic hydroxyl groups is 4. The second-order valence-electron chi connectivity index (χ2n) is 5.91. The molecule has 0 aliphatic heterocycles. The molecule has 0 spiro atoms. The van der Waals surface area contributed by atoms with Gasteiger partial charge >= 0.3 is 7.12 Å². The maximum Gasteiger partial charge on any atom is 0.496 e. The van der Waals surface area contributed by atoms with E-state index in [-0.39, 0.29) is 49.0 Å². The van der Waals surface area contributed by atoms with Gasteiger partial charge in [0.15, 0.2) is 28.6 Å². The molecule has 30 heavy (non-hydrogen) atoms. The van der Waals surface area contributed by atoms with E-state index in [4.69, 9.17) is 4.42 Å². The van der Waals surface area contributed by atoms with Crippen LogP contribution in [-0.2, 0) is 6.42 Å². The number of rotatable bonds is 4. The third kappa shape index (κ3) is 3.90. The molecule has 0 aliphatic rings. The Hall–Kier alpha value is -2.21. The molecule has 0 aliphatic carbocycles. The number of aryl methyl sites for hydroxylation is 1. The van der Waals surface area contributed by atoms with Crippen LogP contribution in [0.3, 0.4) is 0 Å². The van der Waals surface area contributed by atoms with Gasteiger partial charge in [-0.25, -0.2) is 0 Å². The second-order valence-corrected chi connectivity index (χ2v) is 7.62. The predicted molar refractivity (Wildman–Crippen MR) is 119 cm³/mol. The topological polar surface area (TPSA) is 152 Å². The van der Waals surface area contributed by atoms with Crippen molar-refractivity contribution in [3.05, 3.63) is 38.0 Å². The van der Waals surface area contributed by atoms with E-state index >= 15 is 0 Å². The quantitative estimate of drug-likeness (QED) is 0.126. The summed E-state index contributed by atoms with van der Waals surface area (Å²) >= 11 is 6.27. The Kier molecular flexibility index (Phi) is 7.46. The lowest BCUT2D eigenvalue weighted by atomic mass is 9.77. The number of carbonyl (C=O) groups excluding carboxylic acids is 1. The molecule has 0 saturated carbocycles. The van der Waals surface area contributed by atoms with Crippen molar-refractivity contribution in [1.29, 1.82) is 0 Å². The van der Waals surface area contributed by atoms with Crippen LogP contribution in [0.5, 0.6) is 23.0 Å². The van der Waals surface area contributed by atoms with Gasteiger partial charge in [0.05, 0.1) is 25.4 Å². The van der Waals surface area contributed by atoms with Crippen molar-refractivity contribution in [3.8, 4) is 23.0 Å². The van der Waals surface area contributed by atoms with Gasteiger partial charge in [0.2, 0.25) is 0 Å². The monoisotopic (exact) mass is 544 g/mol. The average Bonchev–Trinajstić information content (AvgIpc) is 3.11. The summed E-state index contributed by atoms with van der Waals surface area (Å²) in [4.78, 5) is 13.2. The molecule has 0 bridgehead atoms. The first kappa shape index (κ1) is 24.1. The standard InChI is InChI=1S/C17H13BBr2O8.C2H6/c1-2-8-9(12(21)5-3-6(19)13(22)7(20)4-5)10-14(23)15(24)11(18(26)27)16(25)17(10)28-8;1-2/h3-4,22-27H,2H2,1H3;1-2H3. The molecule has 0 fully saturated rings. The summed E-state index contributed by atoms with van der Waals surface area (Å²) in [5.41, 5.74) is -1.09. The molecule has 0 amide bonds. The van der Waals surface area contributed by atoms with E-state index in [1.54, 1.807) is 6.92 Å². The summed E-state index contributed by atoms with van der Waals surface area (Å²) in [5, 5.41) is 59.1. The van der Waals surface area contributed by atoms with Crippen molar-refractivity contribution < 1.29 is 39.7 Å². The normalized spacial score (nSPS) is 10.6. The molecule has 11 heteroatoms. The van der Waals surface area contributed by atoms with Crippen LogP contribution in [0.2, 0.25) is 0 Å². The highest BCUT2D eigenvalue weighted by Crippen LogP contribution is 2.44. The zero-order chi connectivity index (χ0) is 22.9. The Morgan fingerprint density at radius 3 is 1.97 bits per heavy atom. The largest absolute Gasteiger partial charge is 0.506 e. The molecule has 2 aromatic carbocycles. The van der Waals surface area contributed by atoms with Crippen LogP contribution in [0.1, 0.15) is 42.5 Å². The first-order valence-corrected chi connectivity index (χ1v) is 10.5. The molecule has 0 atom stereocenters. The van der Waals surface area contributed by atoms with Crippen LogP contribution in [0, 0.1) is 0 Å². The lowest BCUT2D eigenvalue weighted by molar-refractivity contribution is 0.103. The van der Waals surface area contributed by atoms with E-state index in [2.05, 4.69) is 31.9 Å². The van der Waals surface area contributed by atoms with Gasteiger partial charge in [0.1, 0.15) is 11.5 Å². The lowest BCUT2D eigenvalue weighted by Crippen LogP contribution is -2.30. The Labute approximate surface area is 188 Å². The number of furan rings is 1. The highest BCUT2D eigenvalue weighted by atomic mass is 79.9. The molecular weight excluding hydrogens is 527 g/mol. The van der Waals surface area contributed by atoms with Gasteiger partial charge in [0.25, 0.3) is 0 Å². The Morgan fingerprint density at radius 1 is 0.967 bits per heavy atom. The lowest BCUT2D eigenvalue weighted by Gasteiger charge is -2.10. The van der Waals surface area contributed by atoms with Crippen LogP contribution in [0.15, 0.2) is 25.5 Å². The van der Waals surface area contributed by atoms with Crippen LogP contribution in [0.4, 0.5) is 0 Å². The van der Waals surface area contributed by atoms with Gasteiger partial charge in [-0.1, -0.05) is 20.8 Å². The molecule has 0 radical (unpaired) electrons. The average molecular weight is 546 g/mol. The van der Waals surface area contributed by atoms with Gasteiger partial charge in [-0.15, -0.1) is 0 Å². The molecule has 6 N–H and O–H groups in total. The second kappa shape index (κ2) is 9.30. The van der Waals surface area contributed by atoms with E-state index < -0.39 is 35.6 Å². The highest BCUT2D eigenvalue weighted by Gasteiger charge is 2.33. The number of halogens is 2. The fraction of sp³-hybridized carbons (Fsp3) is 0.211. The predicted octanol–water partition coefficient (Wildman–Crippen LogP) is 3.28. The SMILES string of the molecule is CC.CCc1oc2c(O)c(B(O)O)c(O)c(O)c2c1C(=O)c1cc(Br)c(O)c(Br)c1. The highest BCUT2D eigenvalue weighted by molar-refractivity contribution is 9.11. The van der Waals surface area contributed by atoms with E-state index in [9.17, 15) is 35.3 Å². The van der Waals surface area contributed by atoms with Crippen molar-refractivity contribution in [2.24, 2.45) is 0 Å². The maximum atomic E-state index is 13.2. The van der Waals surface area contributed by atoms with Crippen LogP contribution in [-0.4, -0.2) is 43.4 Å². The Bertz CT molecular complexity index is 1100. The molecule has 1 aromatic heterocycles. The first-order chi connectivity index (χ1) is 14.1. The van der Waals surface area contributed by atoms with Crippen molar-refractivity contribution in [1.82, 2.24) is 0 Å². The minimum absolute atomic E-state index is 0.106. The summed E-state index contributed by atoms with van der Waals surface area (Å²) in [5.74, 6) is -3.23. The van der Waals surface area contributed by atoms with Crippen molar-refractivity contribution in [2.75, 3.05) is 0 Å². The number of phenols is 4. The number of phenolic OH excluding ortho intramolecular Hbond substituents is 4. The molecular formula is C19H19BBr2O8. The van der Waals surface area contributed by atoms with E-state index in [0.29, 0.717) is 0 Å². The number of carbonyl (C=O) groups is 1. The van der Waals surface area contributed by atoms with E-state index in [0.717, 1.165) is 0 Å². The fourth-order valence-corrected chi connectivity index (χ4v) is 4.11. The fourth-order valence-electron chi connectivity index (χ4n) is 2.93. The molecule has 0 saturated heterocycles. The Morgan fingerprint density at radius 2 is 1.50 bits per heavy atom. The zero-order valence-corrected chi connectivity index (χ0v) is 19.4. The number of fused-ring (bicyclic) bond motifs is 1. The molecule has 1 heterocycles. The van der Waals surface area contributed by atoms with Crippen molar-refractivity contribution in [2.45, 2.75) is 27.2 Å². The van der Waals surface area contributed by atoms with Gasteiger partial charge in [-0.05, 0) is 44.0 Å². The van der Waals surface area contributed by atoms with E-state index in [1.165, 1.54) is 12.1 Å². The summed E-state index contributed by atoms with van der Waals surface area (Å²) < 4.78 is 5.99. The molecule has 3 rings (SSSR count). The van der Waals surface area contributed by atoms with Gasteiger partial charge in [0, 0.05) is 12.0 Å². The maximum absolute atomic E-state index is 13.2. The third-order valence-electron chi connectivity index (χ3n) is 4.25. The van der Waals surface area contributed by atoms with E-state index in [1.807, 2.05) is 13.8 Å². The zero-order valence-electron chi connectivity index (χ0n) is 16.2.